The lowest BCUT2D eigenvalue weighted by molar-refractivity contribution is 0.414. The summed E-state index contributed by atoms with van der Waals surface area (Å²) in [4.78, 5) is 1.03. The molecule has 0 bridgehead atoms. The van der Waals surface area contributed by atoms with Crippen LogP contribution in [0.4, 0.5) is 5.69 Å². The van der Waals surface area contributed by atoms with E-state index in [2.05, 4.69) is 0 Å². The zero-order valence-corrected chi connectivity index (χ0v) is 9.30. The standard InChI is InChI=1S/C10H16N2OS/c1-7(11)6-14-10-5-8(13-2)3-4-9(10)12/h3-5,7H,6,11-12H2,1-2H3. The summed E-state index contributed by atoms with van der Waals surface area (Å²) in [5.74, 6) is 1.68. The molecule has 1 rings (SSSR count). The van der Waals surface area contributed by atoms with Gasteiger partial charge in [0.05, 0.1) is 7.11 Å². The first-order valence-electron chi connectivity index (χ1n) is 4.45. The van der Waals surface area contributed by atoms with Crippen molar-refractivity contribution in [2.75, 3.05) is 18.6 Å². The summed E-state index contributed by atoms with van der Waals surface area (Å²) in [6, 6.07) is 5.81. The van der Waals surface area contributed by atoms with Crippen molar-refractivity contribution in [2.24, 2.45) is 5.73 Å². The van der Waals surface area contributed by atoms with Crippen LogP contribution in [-0.4, -0.2) is 18.9 Å². The fourth-order valence-electron chi connectivity index (χ4n) is 0.988. The Balaban J connectivity index is 2.73. The van der Waals surface area contributed by atoms with Crippen LogP contribution in [0.1, 0.15) is 6.92 Å². The third kappa shape index (κ3) is 3.12. The molecule has 0 aliphatic carbocycles. The van der Waals surface area contributed by atoms with Crippen LogP contribution in [0.5, 0.6) is 5.75 Å². The minimum absolute atomic E-state index is 0.172. The zero-order valence-electron chi connectivity index (χ0n) is 8.49. The summed E-state index contributed by atoms with van der Waals surface area (Å²) >= 11 is 1.65. The van der Waals surface area contributed by atoms with Gasteiger partial charge in [-0.2, -0.15) is 0 Å². The van der Waals surface area contributed by atoms with Gasteiger partial charge in [-0.15, -0.1) is 11.8 Å². The molecule has 0 saturated heterocycles. The zero-order chi connectivity index (χ0) is 10.6. The highest BCUT2D eigenvalue weighted by molar-refractivity contribution is 7.99. The van der Waals surface area contributed by atoms with Crippen LogP contribution in [0.15, 0.2) is 23.1 Å². The molecule has 14 heavy (non-hydrogen) atoms. The molecule has 0 saturated carbocycles. The minimum Gasteiger partial charge on any atom is -0.497 e. The van der Waals surface area contributed by atoms with Gasteiger partial charge >= 0.3 is 0 Å². The van der Waals surface area contributed by atoms with Crippen molar-refractivity contribution in [3.63, 3.8) is 0 Å². The molecule has 1 unspecified atom stereocenters. The van der Waals surface area contributed by atoms with Crippen LogP contribution < -0.4 is 16.2 Å². The van der Waals surface area contributed by atoms with Crippen LogP contribution in [-0.2, 0) is 0 Å². The molecule has 0 amide bonds. The highest BCUT2D eigenvalue weighted by atomic mass is 32.2. The molecule has 1 aromatic rings. The second-order valence-electron chi connectivity index (χ2n) is 3.19. The molecule has 1 aromatic carbocycles. The van der Waals surface area contributed by atoms with Crippen molar-refractivity contribution in [1.82, 2.24) is 0 Å². The van der Waals surface area contributed by atoms with E-state index < -0.39 is 0 Å². The number of rotatable bonds is 4. The van der Waals surface area contributed by atoms with Crippen LogP contribution in [0, 0.1) is 0 Å². The monoisotopic (exact) mass is 212 g/mol. The third-order valence-corrected chi connectivity index (χ3v) is 3.08. The number of hydrogen-bond acceptors (Lipinski definition) is 4. The minimum atomic E-state index is 0.172. The molecule has 0 aromatic heterocycles. The quantitative estimate of drug-likeness (QED) is 0.589. The number of hydrogen-bond donors (Lipinski definition) is 2. The summed E-state index contributed by atoms with van der Waals surface area (Å²) in [5, 5.41) is 0. The van der Waals surface area contributed by atoms with Gasteiger partial charge in [-0.3, -0.25) is 0 Å². The molecule has 3 nitrogen and oxygen atoms in total. The number of ether oxygens (including phenoxy) is 1. The van der Waals surface area contributed by atoms with Crippen LogP contribution in [0.3, 0.4) is 0 Å². The number of thioether (sulfide) groups is 1. The van der Waals surface area contributed by atoms with Gasteiger partial charge in [0, 0.05) is 22.4 Å². The molecule has 0 aliphatic rings. The lowest BCUT2D eigenvalue weighted by atomic mass is 10.3. The largest absolute Gasteiger partial charge is 0.497 e. The maximum absolute atomic E-state index is 5.81. The second kappa shape index (κ2) is 5.12. The number of nitrogen functional groups attached to an aromatic ring is 1. The van der Waals surface area contributed by atoms with E-state index in [1.54, 1.807) is 18.9 Å². The molecule has 1 atom stereocenters. The smallest absolute Gasteiger partial charge is 0.120 e. The Labute approximate surface area is 88.8 Å². The van der Waals surface area contributed by atoms with Gasteiger partial charge in [-0.05, 0) is 25.1 Å². The van der Waals surface area contributed by atoms with Crippen molar-refractivity contribution in [3.05, 3.63) is 18.2 Å². The topological polar surface area (TPSA) is 61.3 Å². The first-order chi connectivity index (χ1) is 6.63. The predicted molar refractivity (Wildman–Crippen MR) is 61.8 cm³/mol. The van der Waals surface area contributed by atoms with Crippen molar-refractivity contribution in [3.8, 4) is 5.75 Å². The third-order valence-electron chi connectivity index (χ3n) is 1.72. The maximum Gasteiger partial charge on any atom is 0.120 e. The Kier molecular flexibility index (Phi) is 4.10. The van der Waals surface area contributed by atoms with Crippen LogP contribution in [0.2, 0.25) is 0 Å². The normalized spacial score (nSPS) is 12.5. The van der Waals surface area contributed by atoms with Crippen molar-refractivity contribution in [1.29, 1.82) is 0 Å². The SMILES string of the molecule is COc1ccc(N)c(SCC(C)N)c1. The van der Waals surface area contributed by atoms with Gasteiger partial charge < -0.3 is 16.2 Å². The van der Waals surface area contributed by atoms with Crippen LogP contribution >= 0.6 is 11.8 Å². The van der Waals surface area contributed by atoms with Crippen molar-refractivity contribution in [2.45, 2.75) is 17.9 Å². The van der Waals surface area contributed by atoms with E-state index in [9.17, 15) is 0 Å². The number of anilines is 1. The van der Waals surface area contributed by atoms with E-state index in [4.69, 9.17) is 16.2 Å². The first-order valence-corrected chi connectivity index (χ1v) is 5.44. The molecular formula is C10H16N2OS. The van der Waals surface area contributed by atoms with Gasteiger partial charge in [0.15, 0.2) is 0 Å². The first kappa shape index (κ1) is 11.2. The predicted octanol–water partition coefficient (Wildman–Crippen LogP) is 1.72. The van der Waals surface area contributed by atoms with Gasteiger partial charge in [-0.25, -0.2) is 0 Å². The molecule has 0 radical (unpaired) electrons. The number of methoxy groups -OCH3 is 1. The average molecular weight is 212 g/mol. The summed E-state index contributed by atoms with van der Waals surface area (Å²) in [5.41, 5.74) is 12.3. The highest BCUT2D eigenvalue weighted by Gasteiger charge is 2.03. The summed E-state index contributed by atoms with van der Waals surface area (Å²) < 4.78 is 5.12. The molecule has 4 heteroatoms. The van der Waals surface area contributed by atoms with Crippen molar-refractivity contribution < 1.29 is 4.74 Å². The van der Waals surface area contributed by atoms with Gasteiger partial charge in [0.25, 0.3) is 0 Å². The summed E-state index contributed by atoms with van der Waals surface area (Å²) in [6.45, 7) is 1.98. The van der Waals surface area contributed by atoms with Crippen molar-refractivity contribution >= 4 is 17.4 Å². The van der Waals surface area contributed by atoms with E-state index >= 15 is 0 Å². The molecule has 0 fully saturated rings. The fourth-order valence-corrected chi connectivity index (χ4v) is 1.86. The molecule has 4 N–H and O–H groups in total. The Morgan fingerprint density at radius 3 is 2.79 bits per heavy atom. The lowest BCUT2D eigenvalue weighted by Gasteiger charge is -2.09. The fraction of sp³-hybridized carbons (Fsp3) is 0.400. The summed E-state index contributed by atoms with van der Waals surface area (Å²) in [7, 11) is 1.64. The van der Waals surface area contributed by atoms with Gasteiger partial charge in [-0.1, -0.05) is 0 Å². The molecular weight excluding hydrogens is 196 g/mol. The Morgan fingerprint density at radius 1 is 1.50 bits per heavy atom. The lowest BCUT2D eigenvalue weighted by Crippen LogP contribution is -2.17. The van der Waals surface area contributed by atoms with Gasteiger partial charge in [0.1, 0.15) is 5.75 Å². The van der Waals surface area contributed by atoms with E-state index in [-0.39, 0.29) is 6.04 Å². The molecule has 78 valence electrons. The van der Waals surface area contributed by atoms with E-state index in [1.165, 1.54) is 0 Å². The van der Waals surface area contributed by atoms with E-state index in [1.807, 2.05) is 25.1 Å². The Morgan fingerprint density at radius 2 is 2.21 bits per heavy atom. The second-order valence-corrected chi connectivity index (χ2v) is 4.25. The Bertz CT molecular complexity index is 302. The van der Waals surface area contributed by atoms with Crippen LogP contribution in [0.25, 0.3) is 0 Å². The molecule has 0 heterocycles. The van der Waals surface area contributed by atoms with Gasteiger partial charge in [0.2, 0.25) is 0 Å². The highest BCUT2D eigenvalue weighted by Crippen LogP contribution is 2.29. The van der Waals surface area contributed by atoms with E-state index in [0.717, 1.165) is 22.1 Å². The average Bonchev–Trinajstić information content (AvgIpc) is 2.16. The number of nitrogens with two attached hydrogens (primary N) is 2. The summed E-state index contributed by atoms with van der Waals surface area (Å²) in [6.07, 6.45) is 0. The Hall–Kier alpha value is -0.870. The molecule has 0 aliphatic heterocycles. The van der Waals surface area contributed by atoms with E-state index in [0.29, 0.717) is 0 Å². The molecule has 0 spiro atoms. The maximum atomic E-state index is 5.81. The number of benzene rings is 1.